The predicted molar refractivity (Wildman–Crippen MR) is 90.0 cm³/mol. The van der Waals surface area contributed by atoms with E-state index >= 15 is 0 Å². The van der Waals surface area contributed by atoms with E-state index in [4.69, 9.17) is 0 Å². The molecule has 0 aliphatic carbocycles. The van der Waals surface area contributed by atoms with Crippen LogP contribution in [0.2, 0.25) is 0 Å². The van der Waals surface area contributed by atoms with E-state index in [1.807, 2.05) is 24.3 Å². The Hall–Kier alpha value is -2.43. The molecule has 0 aromatic heterocycles. The molecule has 2 aromatic carbocycles. The van der Waals surface area contributed by atoms with Gasteiger partial charge in [0.2, 0.25) is 0 Å². The maximum Gasteiger partial charge on any atom is 0.259 e. The minimum atomic E-state index is -0.834. The van der Waals surface area contributed by atoms with Crippen molar-refractivity contribution in [3.05, 3.63) is 65.2 Å². The van der Waals surface area contributed by atoms with Gasteiger partial charge in [0.05, 0.1) is 0 Å². The minimum absolute atomic E-state index is 0.305. The van der Waals surface area contributed by atoms with Crippen LogP contribution in [-0.2, 0) is 6.54 Å². The molecule has 0 saturated carbocycles. The number of anilines is 1. The molecule has 3 rings (SSSR count). The van der Waals surface area contributed by atoms with Gasteiger partial charge in [0.25, 0.3) is 5.91 Å². The molecule has 0 atom stereocenters. The van der Waals surface area contributed by atoms with Crippen molar-refractivity contribution < 1.29 is 13.6 Å². The lowest BCUT2D eigenvalue weighted by molar-refractivity contribution is 0.0775. The monoisotopic (exact) mass is 330 g/mol. The summed E-state index contributed by atoms with van der Waals surface area (Å²) in [6.07, 6.45) is 2.31. The normalized spacial score (nSPS) is 14.0. The highest BCUT2D eigenvalue weighted by Crippen LogP contribution is 2.26. The van der Waals surface area contributed by atoms with Crippen molar-refractivity contribution in [1.29, 1.82) is 0 Å². The molecule has 1 aliphatic heterocycles. The molecule has 1 heterocycles. The van der Waals surface area contributed by atoms with Crippen LogP contribution < -0.4 is 4.90 Å². The molecule has 0 N–H and O–H groups in total. The quantitative estimate of drug-likeness (QED) is 0.850. The fourth-order valence-corrected chi connectivity index (χ4v) is 3.13. The van der Waals surface area contributed by atoms with Gasteiger partial charge in [-0.2, -0.15) is 0 Å². The number of hydrogen-bond acceptors (Lipinski definition) is 2. The SMILES string of the molecule is CN(Cc1ccccc1N1CCCC1)C(=O)c1c(F)cccc1F. The number of amides is 1. The number of carbonyl (C=O) groups excluding carboxylic acids is 1. The summed E-state index contributed by atoms with van der Waals surface area (Å²) in [6, 6.07) is 11.3. The Kier molecular flexibility index (Phi) is 4.79. The van der Waals surface area contributed by atoms with Crippen LogP contribution >= 0.6 is 0 Å². The minimum Gasteiger partial charge on any atom is -0.371 e. The van der Waals surface area contributed by atoms with Gasteiger partial charge < -0.3 is 9.80 Å². The van der Waals surface area contributed by atoms with Gasteiger partial charge in [-0.1, -0.05) is 24.3 Å². The van der Waals surface area contributed by atoms with Gasteiger partial charge in [0.15, 0.2) is 0 Å². The number of hydrogen-bond donors (Lipinski definition) is 0. The zero-order valence-corrected chi connectivity index (χ0v) is 13.6. The first kappa shape index (κ1) is 16.4. The molecular formula is C19H20F2N2O. The van der Waals surface area contributed by atoms with E-state index in [1.165, 1.54) is 11.0 Å². The molecule has 1 fully saturated rings. The van der Waals surface area contributed by atoms with Gasteiger partial charge in [-0.3, -0.25) is 4.79 Å². The Bertz CT molecular complexity index is 722. The van der Waals surface area contributed by atoms with Crippen LogP contribution in [0.1, 0.15) is 28.8 Å². The number of nitrogens with zero attached hydrogens (tertiary/aromatic N) is 2. The second-order valence-corrected chi connectivity index (χ2v) is 6.08. The fourth-order valence-electron chi connectivity index (χ4n) is 3.13. The molecule has 1 saturated heterocycles. The molecule has 1 aliphatic rings. The summed E-state index contributed by atoms with van der Waals surface area (Å²) in [4.78, 5) is 16.1. The third kappa shape index (κ3) is 3.25. The van der Waals surface area contributed by atoms with Crippen molar-refractivity contribution in [2.45, 2.75) is 19.4 Å². The summed E-state index contributed by atoms with van der Waals surface area (Å²) in [5, 5.41) is 0. The zero-order chi connectivity index (χ0) is 17.1. The van der Waals surface area contributed by atoms with E-state index in [9.17, 15) is 13.6 Å². The van der Waals surface area contributed by atoms with Crippen molar-refractivity contribution in [2.75, 3.05) is 25.0 Å². The lowest BCUT2D eigenvalue weighted by Gasteiger charge is -2.24. The Balaban J connectivity index is 1.82. The molecule has 0 unspecified atom stereocenters. The molecule has 0 spiro atoms. The molecule has 0 bridgehead atoms. The molecule has 126 valence electrons. The van der Waals surface area contributed by atoms with Gasteiger partial charge >= 0.3 is 0 Å². The van der Waals surface area contributed by atoms with Crippen LogP contribution in [0.5, 0.6) is 0 Å². The Morgan fingerprint density at radius 1 is 1.04 bits per heavy atom. The average molecular weight is 330 g/mol. The molecule has 2 aromatic rings. The van der Waals surface area contributed by atoms with Crippen molar-refractivity contribution in [1.82, 2.24) is 4.90 Å². The van der Waals surface area contributed by atoms with Gasteiger partial charge in [-0.25, -0.2) is 8.78 Å². The highest BCUT2D eigenvalue weighted by molar-refractivity contribution is 5.94. The third-order valence-corrected chi connectivity index (χ3v) is 4.37. The third-order valence-electron chi connectivity index (χ3n) is 4.37. The molecule has 24 heavy (non-hydrogen) atoms. The van der Waals surface area contributed by atoms with E-state index in [-0.39, 0.29) is 0 Å². The van der Waals surface area contributed by atoms with E-state index in [2.05, 4.69) is 4.90 Å². The highest BCUT2D eigenvalue weighted by Gasteiger charge is 2.22. The summed E-state index contributed by atoms with van der Waals surface area (Å²) in [6.45, 7) is 2.30. The zero-order valence-electron chi connectivity index (χ0n) is 13.6. The second-order valence-electron chi connectivity index (χ2n) is 6.08. The molecule has 5 heteroatoms. The summed E-state index contributed by atoms with van der Waals surface area (Å²) in [5.74, 6) is -2.32. The first-order valence-electron chi connectivity index (χ1n) is 8.10. The molecule has 0 radical (unpaired) electrons. The summed E-state index contributed by atoms with van der Waals surface area (Å²) < 4.78 is 27.7. The maximum atomic E-state index is 13.8. The van der Waals surface area contributed by atoms with Crippen molar-refractivity contribution in [3.8, 4) is 0 Å². The van der Waals surface area contributed by atoms with Crippen LogP contribution in [-0.4, -0.2) is 30.9 Å². The average Bonchev–Trinajstić information content (AvgIpc) is 3.09. The van der Waals surface area contributed by atoms with Crippen molar-refractivity contribution >= 4 is 11.6 Å². The number of benzene rings is 2. The van der Waals surface area contributed by atoms with Crippen LogP contribution in [0.25, 0.3) is 0 Å². The Morgan fingerprint density at radius 2 is 1.67 bits per heavy atom. The van der Waals surface area contributed by atoms with E-state index in [0.717, 1.165) is 49.3 Å². The summed E-state index contributed by atoms with van der Waals surface area (Å²) >= 11 is 0. The Morgan fingerprint density at radius 3 is 2.33 bits per heavy atom. The summed E-state index contributed by atoms with van der Waals surface area (Å²) in [7, 11) is 1.56. The van der Waals surface area contributed by atoms with Crippen LogP contribution in [0.15, 0.2) is 42.5 Å². The van der Waals surface area contributed by atoms with Gasteiger partial charge in [0, 0.05) is 32.4 Å². The largest absolute Gasteiger partial charge is 0.371 e. The van der Waals surface area contributed by atoms with Crippen LogP contribution in [0.3, 0.4) is 0 Å². The van der Waals surface area contributed by atoms with Gasteiger partial charge in [-0.15, -0.1) is 0 Å². The molecule has 1 amide bonds. The lowest BCUT2D eigenvalue weighted by Crippen LogP contribution is -2.29. The van der Waals surface area contributed by atoms with Gasteiger partial charge in [0.1, 0.15) is 17.2 Å². The summed E-state index contributed by atoms with van der Waals surface area (Å²) in [5.41, 5.74) is 1.56. The smallest absolute Gasteiger partial charge is 0.259 e. The first-order chi connectivity index (χ1) is 11.6. The Labute approximate surface area is 140 Å². The van der Waals surface area contributed by atoms with Crippen molar-refractivity contribution in [3.63, 3.8) is 0 Å². The van der Waals surface area contributed by atoms with E-state index in [1.54, 1.807) is 7.05 Å². The second kappa shape index (κ2) is 6.99. The fraction of sp³-hybridized carbons (Fsp3) is 0.316. The number of halogens is 2. The highest BCUT2D eigenvalue weighted by atomic mass is 19.1. The van der Waals surface area contributed by atoms with Crippen molar-refractivity contribution in [2.24, 2.45) is 0 Å². The predicted octanol–water partition coefficient (Wildman–Crippen LogP) is 3.84. The number of rotatable bonds is 4. The molecule has 3 nitrogen and oxygen atoms in total. The lowest BCUT2D eigenvalue weighted by atomic mass is 10.1. The van der Waals surface area contributed by atoms with E-state index < -0.39 is 23.1 Å². The number of carbonyl (C=O) groups is 1. The van der Waals surface area contributed by atoms with E-state index in [0.29, 0.717) is 6.54 Å². The maximum absolute atomic E-state index is 13.8. The molecular weight excluding hydrogens is 310 g/mol. The first-order valence-corrected chi connectivity index (χ1v) is 8.10. The van der Waals surface area contributed by atoms with Crippen LogP contribution in [0.4, 0.5) is 14.5 Å². The number of para-hydroxylation sites is 1. The standard InChI is InChI=1S/C19H20F2N2O/c1-22(19(24)18-15(20)8-6-9-16(18)21)13-14-7-2-3-10-17(14)23-11-4-5-12-23/h2-3,6-10H,4-5,11-13H2,1H3. The topological polar surface area (TPSA) is 23.6 Å². The van der Waals surface area contributed by atoms with Gasteiger partial charge in [-0.05, 0) is 36.6 Å². The van der Waals surface area contributed by atoms with Crippen LogP contribution in [0, 0.1) is 11.6 Å².